The van der Waals surface area contributed by atoms with E-state index < -0.39 is 5.97 Å². The molecule has 1 aromatic rings. The van der Waals surface area contributed by atoms with Crippen LogP contribution in [0.2, 0.25) is 0 Å². The summed E-state index contributed by atoms with van der Waals surface area (Å²) in [5.41, 5.74) is 0. The Hall–Kier alpha value is -1.72. The van der Waals surface area contributed by atoms with Gasteiger partial charge in [0.15, 0.2) is 0 Å². The summed E-state index contributed by atoms with van der Waals surface area (Å²) in [7, 11) is 1.64. The van der Waals surface area contributed by atoms with Gasteiger partial charge in [-0.15, -0.1) is 0 Å². The Morgan fingerprint density at radius 2 is 2.58 bits per heavy atom. The molecule has 0 saturated carbocycles. The molecule has 0 aromatic carbocycles. The van der Waals surface area contributed by atoms with Crippen molar-refractivity contribution in [1.29, 1.82) is 0 Å². The number of carbonyl (C=O) groups excluding carboxylic acids is 2. The first-order valence-corrected chi connectivity index (χ1v) is 3.23. The van der Waals surface area contributed by atoms with Crippen molar-refractivity contribution in [2.24, 2.45) is 7.05 Å². The Morgan fingerprint density at radius 3 is 3.08 bits per heavy atom. The molecule has 6 nitrogen and oxygen atoms in total. The maximum Gasteiger partial charge on any atom is 0.319 e. The zero-order chi connectivity index (χ0) is 8.97. The number of rotatable bonds is 3. The van der Waals surface area contributed by atoms with Crippen LogP contribution in [-0.4, -0.2) is 27.2 Å². The minimum atomic E-state index is -0.634. The average molecular weight is 169 g/mol. The molecule has 0 N–H and O–H groups in total. The Morgan fingerprint density at radius 1 is 1.83 bits per heavy atom. The van der Waals surface area contributed by atoms with E-state index in [1.807, 2.05) is 0 Å². The van der Waals surface area contributed by atoms with Gasteiger partial charge in [-0.25, -0.2) is 0 Å². The predicted molar refractivity (Wildman–Crippen MR) is 37.3 cm³/mol. The van der Waals surface area contributed by atoms with Crippen LogP contribution in [0.5, 0.6) is 5.88 Å². The van der Waals surface area contributed by atoms with E-state index in [9.17, 15) is 9.59 Å². The highest BCUT2D eigenvalue weighted by molar-refractivity contribution is 5.84. The summed E-state index contributed by atoms with van der Waals surface area (Å²) in [6.07, 6.45) is 1.64. The van der Waals surface area contributed by atoms with Crippen LogP contribution in [0, 0.1) is 0 Å². The predicted octanol–water partition coefficient (Wildman–Crippen LogP) is -0.691. The first-order chi connectivity index (χ1) is 5.72. The van der Waals surface area contributed by atoms with E-state index in [0.29, 0.717) is 6.29 Å². The molecular weight excluding hydrogens is 162 g/mol. The number of hydrogen-bond acceptors (Lipinski definition) is 5. The number of hydrogen-bond donors (Lipinski definition) is 0. The highest BCUT2D eigenvalue weighted by Gasteiger charge is 2.05. The third kappa shape index (κ3) is 2.15. The van der Waals surface area contributed by atoms with E-state index in [0.717, 1.165) is 0 Å². The molecule has 1 heterocycles. The summed E-state index contributed by atoms with van der Waals surface area (Å²) in [6, 6.07) is 0. The fraction of sp³-hybridized carbons (Fsp3) is 0.333. The minimum absolute atomic E-state index is 0.101. The molecule has 0 fully saturated rings. The molecule has 12 heavy (non-hydrogen) atoms. The van der Waals surface area contributed by atoms with Crippen molar-refractivity contribution in [2.45, 2.75) is 6.42 Å². The van der Waals surface area contributed by atoms with Crippen LogP contribution in [0.3, 0.4) is 0 Å². The molecule has 0 aliphatic rings. The molecule has 0 aliphatic heterocycles. The minimum Gasteiger partial charge on any atom is -0.404 e. The second-order valence-electron chi connectivity index (χ2n) is 2.08. The van der Waals surface area contributed by atoms with Crippen molar-refractivity contribution in [1.82, 2.24) is 15.0 Å². The topological polar surface area (TPSA) is 74.1 Å². The van der Waals surface area contributed by atoms with Gasteiger partial charge < -0.3 is 9.53 Å². The molecule has 0 radical (unpaired) electrons. The van der Waals surface area contributed by atoms with E-state index in [2.05, 4.69) is 15.0 Å². The van der Waals surface area contributed by atoms with E-state index in [1.165, 1.54) is 10.9 Å². The van der Waals surface area contributed by atoms with E-state index >= 15 is 0 Å². The lowest BCUT2D eigenvalue weighted by atomic mass is 10.5. The maximum atomic E-state index is 10.7. The van der Waals surface area contributed by atoms with Gasteiger partial charge >= 0.3 is 5.97 Å². The van der Waals surface area contributed by atoms with Crippen LogP contribution in [0.1, 0.15) is 6.42 Å². The Kier molecular flexibility index (Phi) is 2.52. The van der Waals surface area contributed by atoms with Crippen molar-refractivity contribution in [3.8, 4) is 5.88 Å². The van der Waals surface area contributed by atoms with Crippen LogP contribution in [0.15, 0.2) is 6.20 Å². The molecule has 0 unspecified atom stereocenters. The lowest BCUT2D eigenvalue weighted by Crippen LogP contribution is -2.08. The molecule has 0 spiro atoms. The second kappa shape index (κ2) is 3.61. The molecule has 1 rings (SSSR count). The average Bonchev–Trinajstić information content (AvgIpc) is 2.36. The quantitative estimate of drug-likeness (QED) is 0.340. The van der Waals surface area contributed by atoms with Gasteiger partial charge in [-0.2, -0.15) is 0 Å². The zero-order valence-corrected chi connectivity index (χ0v) is 6.43. The fourth-order valence-corrected chi connectivity index (χ4v) is 0.599. The van der Waals surface area contributed by atoms with Crippen LogP contribution < -0.4 is 4.74 Å². The van der Waals surface area contributed by atoms with E-state index in [4.69, 9.17) is 0 Å². The van der Waals surface area contributed by atoms with E-state index in [1.54, 1.807) is 7.05 Å². The molecule has 0 saturated heterocycles. The standard InChI is InChI=1S/C6H7N3O3/c1-9-4-5(7-8-9)12-6(11)2-3-10/h3-4H,2H2,1H3. The molecule has 0 amide bonds. The lowest BCUT2D eigenvalue weighted by Gasteiger charge is -1.93. The molecule has 0 aliphatic carbocycles. The van der Waals surface area contributed by atoms with Crippen molar-refractivity contribution < 1.29 is 14.3 Å². The number of esters is 1. The largest absolute Gasteiger partial charge is 0.404 e. The fourth-order valence-electron chi connectivity index (χ4n) is 0.599. The van der Waals surface area contributed by atoms with Crippen LogP contribution in [0.25, 0.3) is 0 Å². The van der Waals surface area contributed by atoms with Crippen molar-refractivity contribution >= 4 is 12.3 Å². The molecule has 0 bridgehead atoms. The van der Waals surface area contributed by atoms with Crippen molar-refractivity contribution in [3.63, 3.8) is 0 Å². The van der Waals surface area contributed by atoms with E-state index in [-0.39, 0.29) is 12.3 Å². The molecule has 64 valence electrons. The normalized spacial score (nSPS) is 9.42. The van der Waals surface area contributed by atoms with Gasteiger partial charge in [0.25, 0.3) is 5.88 Å². The number of aryl methyl sites for hydroxylation is 1. The Bertz CT molecular complexity index is 294. The van der Waals surface area contributed by atoms with Gasteiger partial charge in [-0.1, -0.05) is 10.3 Å². The number of nitrogens with zero attached hydrogens (tertiary/aromatic N) is 3. The summed E-state index contributed by atoms with van der Waals surface area (Å²) in [5, 5.41) is 7.02. The Labute approximate surface area is 68.1 Å². The SMILES string of the molecule is Cn1cc(OC(=O)CC=O)nn1. The van der Waals surface area contributed by atoms with Crippen molar-refractivity contribution in [2.75, 3.05) is 0 Å². The van der Waals surface area contributed by atoms with Gasteiger partial charge in [-0.3, -0.25) is 9.48 Å². The summed E-state index contributed by atoms with van der Waals surface area (Å²) < 4.78 is 6.00. The summed E-state index contributed by atoms with van der Waals surface area (Å²) in [5.74, 6) is -0.533. The number of aromatic nitrogens is 3. The third-order valence-corrected chi connectivity index (χ3v) is 1.05. The molecular formula is C6H7N3O3. The molecule has 1 aromatic heterocycles. The van der Waals surface area contributed by atoms with Gasteiger partial charge in [0.1, 0.15) is 12.7 Å². The number of carbonyl (C=O) groups is 2. The second-order valence-corrected chi connectivity index (χ2v) is 2.08. The van der Waals surface area contributed by atoms with Gasteiger partial charge in [0.05, 0.1) is 6.20 Å². The monoisotopic (exact) mass is 169 g/mol. The highest BCUT2D eigenvalue weighted by Crippen LogP contribution is 2.02. The lowest BCUT2D eigenvalue weighted by molar-refractivity contribution is -0.136. The van der Waals surface area contributed by atoms with Gasteiger partial charge in [0, 0.05) is 7.05 Å². The van der Waals surface area contributed by atoms with Crippen molar-refractivity contribution in [3.05, 3.63) is 6.20 Å². The van der Waals surface area contributed by atoms with Gasteiger partial charge in [-0.05, 0) is 0 Å². The zero-order valence-electron chi connectivity index (χ0n) is 6.43. The summed E-state index contributed by atoms with van der Waals surface area (Å²) in [6.45, 7) is 0. The smallest absolute Gasteiger partial charge is 0.319 e. The number of aldehydes is 1. The Balaban J connectivity index is 2.52. The highest BCUT2D eigenvalue weighted by atomic mass is 16.5. The number of ether oxygens (including phenoxy) is 1. The molecule has 0 atom stereocenters. The first kappa shape index (κ1) is 8.38. The first-order valence-electron chi connectivity index (χ1n) is 3.23. The van der Waals surface area contributed by atoms with Crippen LogP contribution >= 0.6 is 0 Å². The summed E-state index contributed by atoms with van der Waals surface area (Å²) >= 11 is 0. The van der Waals surface area contributed by atoms with Crippen LogP contribution in [-0.2, 0) is 16.6 Å². The summed E-state index contributed by atoms with van der Waals surface area (Å²) in [4.78, 5) is 20.6. The van der Waals surface area contributed by atoms with Gasteiger partial charge in [0.2, 0.25) is 0 Å². The third-order valence-electron chi connectivity index (χ3n) is 1.05. The van der Waals surface area contributed by atoms with Crippen LogP contribution in [0.4, 0.5) is 0 Å². The molecule has 6 heteroatoms. The maximum absolute atomic E-state index is 10.7.